The zero-order valence-electron chi connectivity index (χ0n) is 10.6. The van der Waals surface area contributed by atoms with Crippen LogP contribution in [0.1, 0.15) is 56.0 Å². The highest BCUT2D eigenvalue weighted by atomic mass is 16.1. The molecular formula is C15H22O. The molecular weight excluding hydrogens is 196 g/mol. The molecule has 0 atom stereocenters. The van der Waals surface area contributed by atoms with Gasteiger partial charge in [0.05, 0.1) is 0 Å². The number of ketones is 1. The predicted molar refractivity (Wildman–Crippen MR) is 68.8 cm³/mol. The number of hydrogen-bond donors (Lipinski definition) is 0. The molecule has 0 amide bonds. The molecule has 1 nitrogen and oxygen atoms in total. The van der Waals surface area contributed by atoms with E-state index in [0.717, 1.165) is 17.9 Å². The van der Waals surface area contributed by atoms with Crippen LogP contribution < -0.4 is 0 Å². The highest BCUT2D eigenvalue weighted by molar-refractivity contribution is 5.93. The van der Waals surface area contributed by atoms with Crippen molar-refractivity contribution in [3.63, 3.8) is 0 Å². The van der Waals surface area contributed by atoms with Crippen LogP contribution in [0.15, 0.2) is 24.3 Å². The van der Waals surface area contributed by atoms with Crippen LogP contribution in [-0.4, -0.2) is 5.78 Å². The molecule has 0 aliphatic carbocycles. The van der Waals surface area contributed by atoms with Crippen LogP contribution in [0.25, 0.3) is 0 Å². The SMILES string of the molecule is CCC(CC)CCc1ccc(C(C)=O)cc1. The van der Waals surface area contributed by atoms with E-state index >= 15 is 0 Å². The fourth-order valence-corrected chi connectivity index (χ4v) is 1.97. The number of carbonyl (C=O) groups excluding carboxylic acids is 1. The van der Waals surface area contributed by atoms with Crippen LogP contribution >= 0.6 is 0 Å². The molecule has 0 aliphatic rings. The van der Waals surface area contributed by atoms with Crippen molar-refractivity contribution in [2.24, 2.45) is 5.92 Å². The molecule has 0 heterocycles. The van der Waals surface area contributed by atoms with Crippen molar-refractivity contribution in [2.45, 2.75) is 46.5 Å². The van der Waals surface area contributed by atoms with Crippen molar-refractivity contribution in [2.75, 3.05) is 0 Å². The highest BCUT2D eigenvalue weighted by Gasteiger charge is 2.04. The zero-order valence-corrected chi connectivity index (χ0v) is 10.6. The zero-order chi connectivity index (χ0) is 12.0. The van der Waals surface area contributed by atoms with Gasteiger partial charge in [0.1, 0.15) is 0 Å². The topological polar surface area (TPSA) is 17.1 Å². The van der Waals surface area contributed by atoms with Gasteiger partial charge in [0.15, 0.2) is 5.78 Å². The Hall–Kier alpha value is -1.11. The van der Waals surface area contributed by atoms with E-state index in [1.807, 2.05) is 12.1 Å². The van der Waals surface area contributed by atoms with Gasteiger partial charge in [-0.25, -0.2) is 0 Å². The van der Waals surface area contributed by atoms with Crippen molar-refractivity contribution in [1.29, 1.82) is 0 Å². The average molecular weight is 218 g/mol. The minimum Gasteiger partial charge on any atom is -0.295 e. The summed E-state index contributed by atoms with van der Waals surface area (Å²) in [6.07, 6.45) is 4.92. The van der Waals surface area contributed by atoms with Gasteiger partial charge in [0.25, 0.3) is 0 Å². The molecule has 0 saturated carbocycles. The van der Waals surface area contributed by atoms with E-state index in [2.05, 4.69) is 26.0 Å². The first kappa shape index (κ1) is 13.0. The predicted octanol–water partition coefficient (Wildman–Crippen LogP) is 4.26. The van der Waals surface area contributed by atoms with E-state index < -0.39 is 0 Å². The van der Waals surface area contributed by atoms with E-state index in [9.17, 15) is 4.79 Å². The summed E-state index contributed by atoms with van der Waals surface area (Å²) in [6, 6.07) is 8.04. The molecule has 0 spiro atoms. The molecule has 0 N–H and O–H groups in total. The lowest BCUT2D eigenvalue weighted by atomic mass is 9.94. The number of aryl methyl sites for hydroxylation is 1. The Kier molecular flexibility index (Phi) is 5.24. The van der Waals surface area contributed by atoms with Crippen LogP contribution in [0.4, 0.5) is 0 Å². The summed E-state index contributed by atoms with van der Waals surface area (Å²) in [5.41, 5.74) is 2.16. The van der Waals surface area contributed by atoms with Crippen LogP contribution in [0.3, 0.4) is 0 Å². The third-order valence-corrected chi connectivity index (χ3v) is 3.36. The van der Waals surface area contributed by atoms with Crippen molar-refractivity contribution in [1.82, 2.24) is 0 Å². The number of benzene rings is 1. The molecule has 1 aromatic rings. The first-order chi connectivity index (χ1) is 7.67. The first-order valence-corrected chi connectivity index (χ1v) is 6.27. The van der Waals surface area contributed by atoms with E-state index in [-0.39, 0.29) is 5.78 Å². The van der Waals surface area contributed by atoms with Crippen LogP contribution in [0.2, 0.25) is 0 Å². The fraction of sp³-hybridized carbons (Fsp3) is 0.533. The Morgan fingerprint density at radius 1 is 1.12 bits per heavy atom. The largest absolute Gasteiger partial charge is 0.295 e. The maximum absolute atomic E-state index is 11.1. The number of carbonyl (C=O) groups is 1. The Balaban J connectivity index is 2.52. The molecule has 0 aliphatic heterocycles. The fourth-order valence-electron chi connectivity index (χ4n) is 1.97. The van der Waals surface area contributed by atoms with Crippen LogP contribution in [0.5, 0.6) is 0 Å². The number of rotatable bonds is 6. The van der Waals surface area contributed by atoms with Gasteiger partial charge >= 0.3 is 0 Å². The van der Waals surface area contributed by atoms with E-state index in [1.165, 1.54) is 24.8 Å². The van der Waals surface area contributed by atoms with Gasteiger partial charge < -0.3 is 0 Å². The van der Waals surface area contributed by atoms with E-state index in [0.29, 0.717) is 0 Å². The molecule has 1 heteroatoms. The Bertz CT molecular complexity index is 320. The molecule has 0 saturated heterocycles. The maximum Gasteiger partial charge on any atom is 0.159 e. The Morgan fingerprint density at radius 3 is 2.12 bits per heavy atom. The lowest BCUT2D eigenvalue weighted by Gasteiger charge is -2.11. The van der Waals surface area contributed by atoms with Gasteiger partial charge in [-0.2, -0.15) is 0 Å². The summed E-state index contributed by atoms with van der Waals surface area (Å²) in [6.45, 7) is 6.12. The van der Waals surface area contributed by atoms with Gasteiger partial charge in [-0.15, -0.1) is 0 Å². The molecule has 16 heavy (non-hydrogen) atoms. The third-order valence-electron chi connectivity index (χ3n) is 3.36. The second-order valence-electron chi connectivity index (χ2n) is 4.47. The van der Waals surface area contributed by atoms with Gasteiger partial charge in [-0.05, 0) is 31.2 Å². The number of Topliss-reactive ketones (excluding diaryl/α,β-unsaturated/α-hetero) is 1. The first-order valence-electron chi connectivity index (χ1n) is 6.27. The standard InChI is InChI=1S/C15H22O/c1-4-13(5-2)6-7-14-8-10-15(11-9-14)12(3)16/h8-11,13H,4-7H2,1-3H3. The molecule has 0 aromatic heterocycles. The lowest BCUT2D eigenvalue weighted by molar-refractivity contribution is 0.101. The van der Waals surface area contributed by atoms with Gasteiger partial charge in [0.2, 0.25) is 0 Å². The minimum atomic E-state index is 0.145. The second kappa shape index (κ2) is 6.47. The Labute approximate surface area is 98.9 Å². The highest BCUT2D eigenvalue weighted by Crippen LogP contribution is 2.16. The minimum absolute atomic E-state index is 0.145. The molecule has 0 fully saturated rings. The maximum atomic E-state index is 11.1. The summed E-state index contributed by atoms with van der Waals surface area (Å²) in [7, 11) is 0. The molecule has 88 valence electrons. The monoisotopic (exact) mass is 218 g/mol. The summed E-state index contributed by atoms with van der Waals surface area (Å²) in [4.78, 5) is 11.1. The third kappa shape index (κ3) is 3.80. The molecule has 1 aromatic carbocycles. The Morgan fingerprint density at radius 2 is 1.69 bits per heavy atom. The summed E-state index contributed by atoms with van der Waals surface area (Å²) in [5, 5.41) is 0. The molecule has 0 unspecified atom stereocenters. The lowest BCUT2D eigenvalue weighted by Crippen LogP contribution is -1.99. The van der Waals surface area contributed by atoms with Crippen LogP contribution in [-0.2, 0) is 6.42 Å². The second-order valence-corrected chi connectivity index (χ2v) is 4.47. The number of hydrogen-bond acceptors (Lipinski definition) is 1. The van der Waals surface area contributed by atoms with Gasteiger partial charge in [-0.1, -0.05) is 51.0 Å². The average Bonchev–Trinajstić information content (AvgIpc) is 2.31. The quantitative estimate of drug-likeness (QED) is 0.652. The van der Waals surface area contributed by atoms with Gasteiger partial charge in [-0.3, -0.25) is 4.79 Å². The summed E-state index contributed by atoms with van der Waals surface area (Å²) >= 11 is 0. The molecule has 0 radical (unpaired) electrons. The normalized spacial score (nSPS) is 10.8. The van der Waals surface area contributed by atoms with Crippen molar-refractivity contribution < 1.29 is 4.79 Å². The van der Waals surface area contributed by atoms with Crippen molar-refractivity contribution in [3.05, 3.63) is 35.4 Å². The van der Waals surface area contributed by atoms with Crippen molar-refractivity contribution in [3.8, 4) is 0 Å². The smallest absolute Gasteiger partial charge is 0.159 e. The van der Waals surface area contributed by atoms with E-state index in [4.69, 9.17) is 0 Å². The van der Waals surface area contributed by atoms with E-state index in [1.54, 1.807) is 6.92 Å². The van der Waals surface area contributed by atoms with Gasteiger partial charge in [0, 0.05) is 5.56 Å². The van der Waals surface area contributed by atoms with Crippen LogP contribution in [0, 0.1) is 5.92 Å². The molecule has 1 rings (SSSR count). The summed E-state index contributed by atoms with van der Waals surface area (Å²) in [5.74, 6) is 0.985. The molecule has 0 bridgehead atoms. The summed E-state index contributed by atoms with van der Waals surface area (Å²) < 4.78 is 0. The van der Waals surface area contributed by atoms with Crippen molar-refractivity contribution >= 4 is 5.78 Å².